The van der Waals surface area contributed by atoms with Gasteiger partial charge in [-0.1, -0.05) is 20.8 Å². The van der Waals surface area contributed by atoms with Crippen molar-refractivity contribution >= 4 is 5.97 Å². The first-order valence-corrected chi connectivity index (χ1v) is 4.78. The van der Waals surface area contributed by atoms with E-state index in [4.69, 9.17) is 9.47 Å². The molecule has 0 aromatic rings. The van der Waals surface area contributed by atoms with E-state index < -0.39 is 0 Å². The molecular weight excluding hydrogens is 168 g/mol. The third-order valence-corrected chi connectivity index (χ3v) is 1.83. The summed E-state index contributed by atoms with van der Waals surface area (Å²) in [5.74, 6) is -0.153. The Labute approximate surface area is 79.4 Å². The van der Waals surface area contributed by atoms with Gasteiger partial charge in [0.05, 0.1) is 13.0 Å². The molecule has 0 spiro atoms. The second-order valence-electron chi connectivity index (χ2n) is 4.67. The van der Waals surface area contributed by atoms with Crippen molar-refractivity contribution in [3.8, 4) is 0 Å². The van der Waals surface area contributed by atoms with Crippen LogP contribution < -0.4 is 0 Å². The van der Waals surface area contributed by atoms with Gasteiger partial charge >= 0.3 is 5.97 Å². The Morgan fingerprint density at radius 2 is 2.23 bits per heavy atom. The quantitative estimate of drug-likeness (QED) is 0.619. The molecule has 1 aliphatic heterocycles. The zero-order chi connectivity index (χ0) is 9.90. The summed E-state index contributed by atoms with van der Waals surface area (Å²) in [6.45, 7) is 6.77. The summed E-state index contributed by atoms with van der Waals surface area (Å²) in [4.78, 5) is 11.3. The van der Waals surface area contributed by atoms with Crippen LogP contribution in [0.5, 0.6) is 0 Å². The van der Waals surface area contributed by atoms with E-state index in [2.05, 4.69) is 0 Å². The largest absolute Gasteiger partial charge is 0.436 e. The molecule has 0 amide bonds. The van der Waals surface area contributed by atoms with E-state index in [0.29, 0.717) is 13.0 Å². The predicted octanol–water partition coefficient (Wildman–Crippen LogP) is 2.10. The minimum Gasteiger partial charge on any atom is -0.436 e. The van der Waals surface area contributed by atoms with E-state index in [9.17, 15) is 4.79 Å². The van der Waals surface area contributed by atoms with Crippen molar-refractivity contribution in [1.29, 1.82) is 0 Å². The average molecular weight is 186 g/mol. The average Bonchev–Trinajstić information content (AvgIpc) is 2.34. The van der Waals surface area contributed by atoms with Gasteiger partial charge in [0.25, 0.3) is 0 Å². The van der Waals surface area contributed by atoms with Crippen LogP contribution >= 0.6 is 0 Å². The Morgan fingerprint density at radius 1 is 1.54 bits per heavy atom. The fourth-order valence-corrected chi connectivity index (χ4v) is 1.26. The number of carbonyl (C=O) groups is 1. The predicted molar refractivity (Wildman–Crippen MR) is 49.1 cm³/mol. The molecular formula is C10H18O3. The van der Waals surface area contributed by atoms with Crippen molar-refractivity contribution in [1.82, 2.24) is 0 Å². The molecule has 0 aromatic heterocycles. The van der Waals surface area contributed by atoms with Gasteiger partial charge < -0.3 is 9.47 Å². The first-order chi connectivity index (χ1) is 5.97. The van der Waals surface area contributed by atoms with Gasteiger partial charge in [0.15, 0.2) is 0 Å². The van der Waals surface area contributed by atoms with Gasteiger partial charge in [-0.25, -0.2) is 0 Å². The zero-order valence-corrected chi connectivity index (χ0v) is 8.63. The van der Waals surface area contributed by atoms with E-state index in [-0.39, 0.29) is 17.7 Å². The first kappa shape index (κ1) is 10.5. The Morgan fingerprint density at radius 3 is 2.69 bits per heavy atom. The van der Waals surface area contributed by atoms with Crippen molar-refractivity contribution < 1.29 is 14.3 Å². The van der Waals surface area contributed by atoms with Crippen LogP contribution in [-0.4, -0.2) is 18.9 Å². The van der Waals surface area contributed by atoms with Gasteiger partial charge in [0, 0.05) is 6.42 Å². The molecule has 1 unspecified atom stereocenters. The molecule has 0 bridgehead atoms. The minimum atomic E-state index is -0.283. The van der Waals surface area contributed by atoms with Crippen LogP contribution in [0.2, 0.25) is 0 Å². The topological polar surface area (TPSA) is 35.5 Å². The number of esters is 1. The standard InChI is InChI=1S/C10H18O3/c1-10(2,3)7-8(11)13-9-5-4-6-12-9/h9H,4-7H2,1-3H3. The van der Waals surface area contributed by atoms with E-state index >= 15 is 0 Å². The smallest absolute Gasteiger partial charge is 0.308 e. The molecule has 0 N–H and O–H groups in total. The van der Waals surface area contributed by atoms with Crippen LogP contribution in [0.15, 0.2) is 0 Å². The van der Waals surface area contributed by atoms with E-state index in [0.717, 1.165) is 12.8 Å². The Bertz CT molecular complexity index is 175. The van der Waals surface area contributed by atoms with Crippen LogP contribution in [0.1, 0.15) is 40.0 Å². The highest BCUT2D eigenvalue weighted by atomic mass is 16.7. The van der Waals surface area contributed by atoms with Crippen LogP contribution in [-0.2, 0) is 14.3 Å². The number of rotatable bonds is 2. The second kappa shape index (κ2) is 4.09. The van der Waals surface area contributed by atoms with E-state index in [1.165, 1.54) is 0 Å². The molecule has 76 valence electrons. The molecule has 3 heteroatoms. The normalized spacial score (nSPS) is 23.2. The highest BCUT2D eigenvalue weighted by molar-refractivity contribution is 5.70. The minimum absolute atomic E-state index is 0.00428. The molecule has 1 fully saturated rings. The second-order valence-corrected chi connectivity index (χ2v) is 4.67. The lowest BCUT2D eigenvalue weighted by molar-refractivity contribution is -0.171. The van der Waals surface area contributed by atoms with Crippen molar-refractivity contribution in [2.24, 2.45) is 5.41 Å². The Kier molecular flexibility index (Phi) is 3.31. The highest BCUT2D eigenvalue weighted by Crippen LogP contribution is 2.21. The Balaban J connectivity index is 2.24. The molecule has 1 heterocycles. The zero-order valence-electron chi connectivity index (χ0n) is 8.63. The van der Waals surface area contributed by atoms with Crippen LogP contribution in [0.4, 0.5) is 0 Å². The maximum Gasteiger partial charge on any atom is 0.308 e. The van der Waals surface area contributed by atoms with E-state index in [1.54, 1.807) is 0 Å². The summed E-state index contributed by atoms with van der Waals surface area (Å²) in [6, 6.07) is 0. The lowest BCUT2D eigenvalue weighted by atomic mass is 9.92. The highest BCUT2D eigenvalue weighted by Gasteiger charge is 2.23. The molecule has 13 heavy (non-hydrogen) atoms. The van der Waals surface area contributed by atoms with Gasteiger partial charge in [0.2, 0.25) is 6.29 Å². The number of ether oxygens (including phenoxy) is 2. The van der Waals surface area contributed by atoms with E-state index in [1.807, 2.05) is 20.8 Å². The lowest BCUT2D eigenvalue weighted by Crippen LogP contribution is -2.21. The molecule has 0 radical (unpaired) electrons. The van der Waals surface area contributed by atoms with Crippen LogP contribution in [0.25, 0.3) is 0 Å². The van der Waals surface area contributed by atoms with Crippen molar-refractivity contribution in [2.45, 2.75) is 46.3 Å². The fraction of sp³-hybridized carbons (Fsp3) is 0.900. The molecule has 1 rings (SSSR count). The van der Waals surface area contributed by atoms with Crippen LogP contribution in [0, 0.1) is 5.41 Å². The maximum atomic E-state index is 11.3. The van der Waals surface area contributed by atoms with Crippen molar-refractivity contribution in [3.63, 3.8) is 0 Å². The Hall–Kier alpha value is -0.570. The van der Waals surface area contributed by atoms with Crippen molar-refractivity contribution in [2.75, 3.05) is 6.61 Å². The molecule has 1 saturated heterocycles. The maximum absolute atomic E-state index is 11.3. The SMILES string of the molecule is CC(C)(C)CC(=O)OC1CCCO1. The molecule has 1 atom stereocenters. The number of hydrogen-bond donors (Lipinski definition) is 0. The monoisotopic (exact) mass is 186 g/mol. The number of hydrogen-bond acceptors (Lipinski definition) is 3. The van der Waals surface area contributed by atoms with Gasteiger partial charge in [0.1, 0.15) is 0 Å². The van der Waals surface area contributed by atoms with Crippen molar-refractivity contribution in [3.05, 3.63) is 0 Å². The van der Waals surface area contributed by atoms with Gasteiger partial charge in [-0.2, -0.15) is 0 Å². The summed E-state index contributed by atoms with van der Waals surface area (Å²) in [5, 5.41) is 0. The molecule has 1 aliphatic rings. The third-order valence-electron chi connectivity index (χ3n) is 1.83. The number of carbonyl (C=O) groups excluding carboxylic acids is 1. The summed E-state index contributed by atoms with van der Waals surface area (Å²) in [5.41, 5.74) is -0.00428. The summed E-state index contributed by atoms with van der Waals surface area (Å²) < 4.78 is 10.3. The van der Waals surface area contributed by atoms with Gasteiger partial charge in [-0.15, -0.1) is 0 Å². The summed E-state index contributed by atoms with van der Waals surface area (Å²) in [7, 11) is 0. The molecule has 0 saturated carbocycles. The molecule has 3 nitrogen and oxygen atoms in total. The van der Waals surface area contributed by atoms with Gasteiger partial charge in [-0.3, -0.25) is 4.79 Å². The summed E-state index contributed by atoms with van der Waals surface area (Å²) >= 11 is 0. The first-order valence-electron chi connectivity index (χ1n) is 4.78. The fourth-order valence-electron chi connectivity index (χ4n) is 1.26. The summed E-state index contributed by atoms with van der Waals surface area (Å²) in [6.07, 6.45) is 2.01. The lowest BCUT2D eigenvalue weighted by Gasteiger charge is -2.18. The van der Waals surface area contributed by atoms with Crippen LogP contribution in [0.3, 0.4) is 0 Å². The molecule has 0 aromatic carbocycles. The molecule has 0 aliphatic carbocycles. The third kappa shape index (κ3) is 4.27. The van der Waals surface area contributed by atoms with Gasteiger partial charge in [-0.05, 0) is 11.8 Å².